The highest BCUT2D eigenvalue weighted by Crippen LogP contribution is 2.34. The van der Waals surface area contributed by atoms with Gasteiger partial charge in [-0.05, 0) is 66.3 Å². The molecule has 3 aromatic carbocycles. The molecule has 1 saturated heterocycles. The normalized spacial score (nSPS) is 15.2. The molecule has 8 nitrogen and oxygen atoms in total. The number of nitrogens with one attached hydrogen (secondary N) is 1. The van der Waals surface area contributed by atoms with Crippen LogP contribution in [0.5, 0.6) is 5.75 Å². The van der Waals surface area contributed by atoms with Crippen LogP contribution in [0.15, 0.2) is 78.0 Å². The zero-order valence-electron chi connectivity index (χ0n) is 24.9. The zero-order valence-corrected chi connectivity index (χ0v) is 25.7. The summed E-state index contributed by atoms with van der Waals surface area (Å²) in [5.41, 5.74) is 5.38. The monoisotopic (exact) mass is 632 g/mol. The topological polar surface area (TPSA) is 84.6 Å². The van der Waals surface area contributed by atoms with Crippen LogP contribution < -0.4 is 15.0 Å². The predicted molar refractivity (Wildman–Crippen MR) is 171 cm³/mol. The molecule has 45 heavy (non-hydrogen) atoms. The number of urea groups is 1. The molecule has 2 amide bonds. The van der Waals surface area contributed by atoms with Crippen LogP contribution in [0.1, 0.15) is 48.9 Å². The van der Waals surface area contributed by atoms with Gasteiger partial charge in [-0.3, -0.25) is 0 Å². The maximum absolute atomic E-state index is 13.1. The molecule has 0 bridgehead atoms. The Morgan fingerprint density at radius 2 is 1.84 bits per heavy atom. The van der Waals surface area contributed by atoms with Gasteiger partial charge in [0.2, 0.25) is 0 Å². The van der Waals surface area contributed by atoms with Gasteiger partial charge in [0.25, 0.3) is 0 Å². The Hall–Kier alpha value is -4.76. The summed E-state index contributed by atoms with van der Waals surface area (Å²) in [7, 11) is 0. The number of benzene rings is 3. The average molecular weight is 633 g/mol. The summed E-state index contributed by atoms with van der Waals surface area (Å²) in [6.45, 7) is 7.19. The number of halogens is 3. The van der Waals surface area contributed by atoms with E-state index in [1.165, 1.54) is 46.4 Å². The summed E-state index contributed by atoms with van der Waals surface area (Å²) >= 11 is 1.55. The molecule has 0 aliphatic carbocycles. The molecule has 0 spiro atoms. The lowest BCUT2D eigenvalue weighted by Crippen LogP contribution is -2.37. The molecule has 1 N–H and O–H groups in total. The minimum atomic E-state index is -4.77. The van der Waals surface area contributed by atoms with Crippen LogP contribution in [-0.2, 0) is 0 Å². The van der Waals surface area contributed by atoms with Gasteiger partial charge in [0.1, 0.15) is 18.1 Å². The molecule has 5 rings (SSSR count). The second-order valence-corrected chi connectivity index (χ2v) is 11.7. The fraction of sp³-hybridized carbons (Fsp3) is 0.273. The largest absolute Gasteiger partial charge is 0.573 e. The highest BCUT2D eigenvalue weighted by Gasteiger charge is 2.31. The van der Waals surface area contributed by atoms with Gasteiger partial charge in [-0.25, -0.2) is 14.5 Å². The number of amides is 2. The zero-order chi connectivity index (χ0) is 32.1. The van der Waals surface area contributed by atoms with E-state index in [9.17, 15) is 18.0 Å². The highest BCUT2D eigenvalue weighted by atomic mass is 32.2. The number of hydrogen-bond donors (Lipinski definition) is 1. The fourth-order valence-corrected chi connectivity index (χ4v) is 6.09. The summed E-state index contributed by atoms with van der Waals surface area (Å²) in [4.78, 5) is 24.0. The number of carbonyl (C=O) groups is 1. The first-order chi connectivity index (χ1) is 21.5. The van der Waals surface area contributed by atoms with E-state index in [0.29, 0.717) is 33.7 Å². The van der Waals surface area contributed by atoms with Gasteiger partial charge in [0, 0.05) is 23.5 Å². The quantitative estimate of drug-likeness (QED) is 0.211. The van der Waals surface area contributed by atoms with Gasteiger partial charge >= 0.3 is 12.4 Å². The van der Waals surface area contributed by atoms with Crippen molar-refractivity contribution < 1.29 is 22.7 Å². The standard InChI is InChI=1S/C33H31F3N6O2S/c1-5-27(38-31(43)39-32-41(18-7-19-45-32)28-9-6-8-22(4)29(28)21(2)3)23-10-12-24(13-11-23)30-37-20-42(40-30)25-14-16-26(17-15-25)44-33(34,35)36/h1,6,8-17,20-21,27H,7,18-19H2,2-4H3,(H,38,43)/b39-32-. The van der Waals surface area contributed by atoms with Crippen LogP contribution in [0.3, 0.4) is 0 Å². The molecule has 0 radical (unpaired) electrons. The van der Waals surface area contributed by atoms with Crippen LogP contribution >= 0.6 is 11.8 Å². The van der Waals surface area contributed by atoms with Crippen molar-refractivity contribution in [2.45, 2.75) is 45.5 Å². The summed E-state index contributed by atoms with van der Waals surface area (Å²) < 4.78 is 42.7. The average Bonchev–Trinajstić information content (AvgIpc) is 3.50. The summed E-state index contributed by atoms with van der Waals surface area (Å²) in [6, 6.07) is 17.4. The van der Waals surface area contributed by atoms with E-state index in [1.54, 1.807) is 36.0 Å². The Morgan fingerprint density at radius 3 is 2.51 bits per heavy atom. The Labute approximate surface area is 263 Å². The van der Waals surface area contributed by atoms with Crippen molar-refractivity contribution in [3.63, 3.8) is 0 Å². The number of hydrogen-bond acceptors (Lipinski definition) is 5. The number of aliphatic imine (C=N–C) groups is 1. The Bertz CT molecular complexity index is 1730. The van der Waals surface area contributed by atoms with Crippen LogP contribution in [-0.4, -0.2) is 44.6 Å². The third-order valence-corrected chi connectivity index (χ3v) is 8.18. The molecule has 1 unspecified atom stereocenters. The molecule has 4 aromatic rings. The number of aromatic nitrogens is 3. The predicted octanol–water partition coefficient (Wildman–Crippen LogP) is 7.65. The molecule has 232 valence electrons. The maximum atomic E-state index is 13.1. The summed E-state index contributed by atoms with van der Waals surface area (Å²) in [6.07, 6.45) is 3.48. The number of aryl methyl sites for hydroxylation is 1. The van der Waals surface area contributed by atoms with Crippen molar-refractivity contribution in [3.05, 3.63) is 89.7 Å². The van der Waals surface area contributed by atoms with Crippen molar-refractivity contribution in [3.8, 4) is 35.2 Å². The number of terminal acetylenes is 1. The molecule has 1 aliphatic heterocycles. The van der Waals surface area contributed by atoms with E-state index < -0.39 is 18.4 Å². The molecule has 2 heterocycles. The van der Waals surface area contributed by atoms with E-state index in [1.807, 2.05) is 6.07 Å². The first kappa shape index (κ1) is 31.7. The Morgan fingerprint density at radius 1 is 1.11 bits per heavy atom. The molecule has 0 saturated carbocycles. The second-order valence-electron chi connectivity index (χ2n) is 10.6. The number of anilines is 1. The lowest BCUT2D eigenvalue weighted by atomic mass is 9.95. The number of ether oxygens (including phenoxy) is 1. The number of rotatable bonds is 7. The van der Waals surface area contributed by atoms with Crippen molar-refractivity contribution in [1.29, 1.82) is 0 Å². The van der Waals surface area contributed by atoms with E-state index in [0.717, 1.165) is 24.4 Å². The minimum Gasteiger partial charge on any atom is -0.406 e. The minimum absolute atomic E-state index is 0.314. The third kappa shape index (κ3) is 7.67. The van der Waals surface area contributed by atoms with Gasteiger partial charge in [-0.15, -0.1) is 24.7 Å². The summed E-state index contributed by atoms with van der Waals surface area (Å²) in [5.74, 6) is 3.88. The van der Waals surface area contributed by atoms with Crippen molar-refractivity contribution in [1.82, 2.24) is 20.1 Å². The van der Waals surface area contributed by atoms with Crippen LogP contribution in [0.2, 0.25) is 0 Å². The number of nitrogens with zero attached hydrogens (tertiary/aromatic N) is 5. The van der Waals surface area contributed by atoms with Gasteiger partial charge in [-0.2, -0.15) is 4.99 Å². The maximum Gasteiger partial charge on any atom is 0.573 e. The molecular weight excluding hydrogens is 601 g/mol. The molecule has 1 fully saturated rings. The Kier molecular flexibility index (Phi) is 9.48. The SMILES string of the molecule is C#CC(NC(=O)/N=C1\SCCCN1c1cccc(C)c1C(C)C)c1ccc(-c2ncn(-c3ccc(OC(F)(F)F)cc3)n2)cc1. The van der Waals surface area contributed by atoms with Crippen LogP contribution in [0.25, 0.3) is 17.1 Å². The lowest BCUT2D eigenvalue weighted by molar-refractivity contribution is -0.274. The van der Waals surface area contributed by atoms with E-state index in [2.05, 4.69) is 68.9 Å². The summed E-state index contributed by atoms with van der Waals surface area (Å²) in [5, 5.41) is 7.90. The second kappa shape index (κ2) is 13.5. The molecule has 1 aliphatic rings. The smallest absolute Gasteiger partial charge is 0.406 e. The first-order valence-corrected chi connectivity index (χ1v) is 15.2. The van der Waals surface area contributed by atoms with Crippen LogP contribution in [0, 0.1) is 19.3 Å². The molecule has 12 heteroatoms. The lowest BCUT2D eigenvalue weighted by Gasteiger charge is -2.32. The van der Waals surface area contributed by atoms with E-state index in [-0.39, 0.29) is 5.75 Å². The first-order valence-electron chi connectivity index (χ1n) is 14.3. The van der Waals surface area contributed by atoms with Crippen molar-refractivity contribution in [2.24, 2.45) is 4.99 Å². The highest BCUT2D eigenvalue weighted by molar-refractivity contribution is 8.14. The van der Waals surface area contributed by atoms with E-state index in [4.69, 9.17) is 6.42 Å². The number of carbonyl (C=O) groups excluding carboxylic acids is 1. The number of alkyl halides is 3. The molecule has 1 atom stereocenters. The number of thioether (sulfide) groups is 1. The number of amidine groups is 1. The van der Waals surface area contributed by atoms with Gasteiger partial charge < -0.3 is 15.0 Å². The molecular formula is C33H31F3N6O2S. The van der Waals surface area contributed by atoms with Gasteiger partial charge in [-0.1, -0.05) is 67.9 Å². The van der Waals surface area contributed by atoms with Crippen molar-refractivity contribution in [2.75, 3.05) is 17.2 Å². The fourth-order valence-electron chi connectivity index (χ4n) is 5.14. The van der Waals surface area contributed by atoms with E-state index >= 15 is 0 Å². The molecule has 1 aromatic heterocycles. The van der Waals surface area contributed by atoms with Crippen molar-refractivity contribution >= 4 is 28.6 Å². The third-order valence-electron chi connectivity index (χ3n) is 7.12. The van der Waals surface area contributed by atoms with Gasteiger partial charge in [0.15, 0.2) is 11.0 Å². The van der Waals surface area contributed by atoms with Gasteiger partial charge in [0.05, 0.1) is 5.69 Å². The Balaban J connectivity index is 1.28. The van der Waals surface area contributed by atoms with Crippen LogP contribution in [0.4, 0.5) is 23.7 Å².